The van der Waals surface area contributed by atoms with Gasteiger partial charge in [0.2, 0.25) is 11.8 Å². The molecule has 4 aromatic rings. The van der Waals surface area contributed by atoms with Gasteiger partial charge in [0.05, 0.1) is 31.7 Å². The molecule has 0 radical (unpaired) electrons. The predicted octanol–water partition coefficient (Wildman–Crippen LogP) is 3.61. The third-order valence-electron chi connectivity index (χ3n) is 5.34. The van der Waals surface area contributed by atoms with E-state index in [-0.39, 0.29) is 29.4 Å². The molecule has 0 saturated carbocycles. The minimum atomic E-state index is -0.322. The zero-order valence-corrected chi connectivity index (χ0v) is 20.6. The van der Waals surface area contributed by atoms with Crippen LogP contribution in [-0.4, -0.2) is 44.6 Å². The first kappa shape index (κ1) is 24.8. The Bertz CT molecular complexity index is 1400. The summed E-state index contributed by atoms with van der Waals surface area (Å²) in [6.45, 7) is 6.18. The van der Waals surface area contributed by atoms with Crippen molar-refractivity contribution < 1.29 is 19.1 Å². The van der Waals surface area contributed by atoms with Crippen LogP contribution < -0.4 is 15.4 Å². The summed E-state index contributed by atoms with van der Waals surface area (Å²) < 4.78 is 12.6. The summed E-state index contributed by atoms with van der Waals surface area (Å²) in [7, 11) is 1.47. The fourth-order valence-corrected chi connectivity index (χ4v) is 3.59. The highest BCUT2D eigenvalue weighted by Crippen LogP contribution is 2.24. The molecule has 0 saturated heterocycles. The summed E-state index contributed by atoms with van der Waals surface area (Å²) in [4.78, 5) is 33.1. The van der Waals surface area contributed by atoms with Gasteiger partial charge in [-0.2, -0.15) is 5.10 Å². The molecule has 2 N–H and O–H groups in total. The third-order valence-corrected chi connectivity index (χ3v) is 5.34. The Kier molecular flexibility index (Phi) is 7.55. The number of imidazole rings is 1. The summed E-state index contributed by atoms with van der Waals surface area (Å²) in [5.41, 5.74) is 4.05. The average molecular weight is 489 g/mol. The van der Waals surface area contributed by atoms with Crippen LogP contribution in [0, 0.1) is 0 Å². The van der Waals surface area contributed by atoms with Gasteiger partial charge < -0.3 is 20.1 Å². The highest BCUT2D eigenvalue weighted by molar-refractivity contribution is 5.97. The molecule has 0 unspecified atom stereocenters. The smallest absolute Gasteiger partial charge is 0.257 e. The zero-order valence-electron chi connectivity index (χ0n) is 20.6. The first-order chi connectivity index (χ1) is 17.3. The van der Waals surface area contributed by atoms with Gasteiger partial charge in [-0.25, -0.2) is 14.5 Å². The van der Waals surface area contributed by atoms with E-state index in [2.05, 4.69) is 25.7 Å². The molecular formula is C26H28N6O4. The number of nitrogens with zero attached hydrogens (tertiary/aromatic N) is 4. The maximum atomic E-state index is 13.1. The van der Waals surface area contributed by atoms with Crippen LogP contribution in [0.3, 0.4) is 0 Å². The molecule has 10 heteroatoms. The molecule has 0 aliphatic carbocycles. The van der Waals surface area contributed by atoms with Gasteiger partial charge in [-0.3, -0.25) is 9.59 Å². The second-order valence-electron chi connectivity index (χ2n) is 8.42. The van der Waals surface area contributed by atoms with Crippen LogP contribution in [0.25, 0.3) is 16.9 Å². The lowest BCUT2D eigenvalue weighted by Crippen LogP contribution is -2.24. The van der Waals surface area contributed by atoms with Crippen molar-refractivity contribution in [3.05, 3.63) is 71.5 Å². The molecule has 1 aromatic carbocycles. The number of methoxy groups -OCH3 is 1. The summed E-state index contributed by atoms with van der Waals surface area (Å²) in [6, 6.07) is 13.1. The lowest BCUT2D eigenvalue weighted by molar-refractivity contribution is -0.114. The van der Waals surface area contributed by atoms with Crippen LogP contribution in [-0.2, 0) is 22.7 Å². The zero-order chi connectivity index (χ0) is 25.7. The molecule has 4 rings (SSSR count). The van der Waals surface area contributed by atoms with E-state index in [1.54, 1.807) is 35.1 Å². The number of nitrogens with one attached hydrogen (secondary N) is 2. The number of ether oxygens (including phenoxy) is 2. The fourth-order valence-electron chi connectivity index (χ4n) is 3.59. The van der Waals surface area contributed by atoms with E-state index in [0.29, 0.717) is 35.9 Å². The fraction of sp³-hybridized carbons (Fsp3) is 0.269. The molecule has 0 aliphatic rings. The number of pyridine rings is 1. The minimum absolute atomic E-state index is 0.109. The van der Waals surface area contributed by atoms with Crippen molar-refractivity contribution in [2.45, 2.75) is 40.0 Å². The molecule has 0 aliphatic heterocycles. The largest absolute Gasteiger partial charge is 0.480 e. The summed E-state index contributed by atoms with van der Waals surface area (Å²) in [6.07, 6.45) is 3.32. The van der Waals surface area contributed by atoms with Crippen molar-refractivity contribution in [3.63, 3.8) is 0 Å². The number of hydrogen-bond acceptors (Lipinski definition) is 7. The SMILES string of the molecule is COc1ncc(-c2ccc3nc(NC(C)=O)cn3n2)cc1C(=O)NCc1ccccc1COC(C)C. The van der Waals surface area contributed by atoms with E-state index >= 15 is 0 Å². The van der Waals surface area contributed by atoms with Crippen molar-refractivity contribution >= 4 is 23.3 Å². The standard InChI is InChI=1S/C26H28N6O4/c1-16(2)36-15-19-8-6-5-7-18(19)12-27-25(34)21-11-20(13-28-26(21)35-4)22-9-10-24-30-23(29-17(3)33)14-32(24)31-22/h5-11,13-14,16H,12,15H2,1-4H3,(H,27,34)(H,29,33). The van der Waals surface area contributed by atoms with Gasteiger partial charge in [-0.15, -0.1) is 0 Å². The predicted molar refractivity (Wildman–Crippen MR) is 135 cm³/mol. The number of rotatable bonds is 9. The number of amides is 2. The molecule has 36 heavy (non-hydrogen) atoms. The van der Waals surface area contributed by atoms with E-state index in [1.165, 1.54) is 14.0 Å². The lowest BCUT2D eigenvalue weighted by Gasteiger charge is -2.14. The molecule has 186 valence electrons. The Morgan fingerprint density at radius 2 is 1.89 bits per heavy atom. The molecule has 0 atom stereocenters. The van der Waals surface area contributed by atoms with Gasteiger partial charge in [-0.05, 0) is 43.2 Å². The van der Waals surface area contributed by atoms with Crippen molar-refractivity contribution in [3.8, 4) is 17.1 Å². The molecule has 3 heterocycles. The van der Waals surface area contributed by atoms with Gasteiger partial charge in [0.1, 0.15) is 5.56 Å². The topological polar surface area (TPSA) is 120 Å². The highest BCUT2D eigenvalue weighted by atomic mass is 16.5. The van der Waals surface area contributed by atoms with Crippen LogP contribution in [0.15, 0.2) is 54.9 Å². The third kappa shape index (κ3) is 5.84. The minimum Gasteiger partial charge on any atom is -0.480 e. The Morgan fingerprint density at radius 1 is 1.11 bits per heavy atom. The second-order valence-corrected chi connectivity index (χ2v) is 8.42. The number of fused-ring (bicyclic) bond motifs is 1. The number of aromatic nitrogens is 4. The number of carbonyl (C=O) groups excluding carboxylic acids is 2. The first-order valence-corrected chi connectivity index (χ1v) is 11.5. The maximum absolute atomic E-state index is 13.1. The van der Waals surface area contributed by atoms with E-state index in [1.807, 2.05) is 38.1 Å². The first-order valence-electron chi connectivity index (χ1n) is 11.5. The normalized spacial score (nSPS) is 11.0. The molecule has 3 aromatic heterocycles. The summed E-state index contributed by atoms with van der Waals surface area (Å²) in [5.74, 6) is 0.0737. The van der Waals surface area contributed by atoms with Crippen molar-refractivity contribution in [1.82, 2.24) is 24.9 Å². The monoisotopic (exact) mass is 488 g/mol. The quantitative estimate of drug-likeness (QED) is 0.369. The van der Waals surface area contributed by atoms with Crippen LogP contribution in [0.2, 0.25) is 0 Å². The van der Waals surface area contributed by atoms with Gasteiger partial charge in [0, 0.05) is 25.2 Å². The second kappa shape index (κ2) is 11.0. The van der Waals surface area contributed by atoms with Crippen LogP contribution >= 0.6 is 0 Å². The van der Waals surface area contributed by atoms with Crippen molar-refractivity contribution in [2.75, 3.05) is 12.4 Å². The number of carbonyl (C=O) groups is 2. The average Bonchev–Trinajstić information content (AvgIpc) is 3.26. The van der Waals surface area contributed by atoms with E-state index in [9.17, 15) is 9.59 Å². The number of anilines is 1. The van der Waals surface area contributed by atoms with Crippen LogP contribution in [0.1, 0.15) is 42.3 Å². The molecule has 0 fully saturated rings. The number of hydrogen-bond donors (Lipinski definition) is 2. The van der Waals surface area contributed by atoms with Gasteiger partial charge in [0.25, 0.3) is 5.91 Å². The van der Waals surface area contributed by atoms with Crippen molar-refractivity contribution in [2.24, 2.45) is 0 Å². The highest BCUT2D eigenvalue weighted by Gasteiger charge is 2.17. The molecule has 2 amide bonds. The number of benzene rings is 1. The summed E-state index contributed by atoms with van der Waals surface area (Å²) >= 11 is 0. The van der Waals surface area contributed by atoms with Crippen LogP contribution in [0.5, 0.6) is 5.88 Å². The maximum Gasteiger partial charge on any atom is 0.257 e. The molecule has 10 nitrogen and oxygen atoms in total. The molecular weight excluding hydrogens is 460 g/mol. The Labute approximate surface area is 208 Å². The van der Waals surface area contributed by atoms with E-state index < -0.39 is 0 Å². The Morgan fingerprint density at radius 3 is 2.61 bits per heavy atom. The molecule has 0 spiro atoms. The van der Waals surface area contributed by atoms with Gasteiger partial charge >= 0.3 is 0 Å². The lowest BCUT2D eigenvalue weighted by atomic mass is 10.1. The Hall–Kier alpha value is -4.31. The van der Waals surface area contributed by atoms with E-state index in [0.717, 1.165) is 11.1 Å². The van der Waals surface area contributed by atoms with Crippen LogP contribution in [0.4, 0.5) is 5.82 Å². The summed E-state index contributed by atoms with van der Waals surface area (Å²) in [5, 5.41) is 10.1. The van der Waals surface area contributed by atoms with E-state index in [4.69, 9.17) is 9.47 Å². The van der Waals surface area contributed by atoms with Gasteiger partial charge in [-0.1, -0.05) is 24.3 Å². The molecule has 0 bridgehead atoms. The van der Waals surface area contributed by atoms with Crippen molar-refractivity contribution in [1.29, 1.82) is 0 Å². The van der Waals surface area contributed by atoms with Gasteiger partial charge in [0.15, 0.2) is 11.5 Å². The Balaban J connectivity index is 1.56.